The molecule has 0 radical (unpaired) electrons. The molecule has 24 heavy (non-hydrogen) atoms. The zero-order valence-corrected chi connectivity index (χ0v) is 15.4. The van der Waals surface area contributed by atoms with Crippen molar-refractivity contribution < 1.29 is 14.3 Å². The van der Waals surface area contributed by atoms with Crippen LogP contribution in [0.1, 0.15) is 10.5 Å². The molecule has 122 valence electrons. The van der Waals surface area contributed by atoms with Gasteiger partial charge in [0.05, 0.1) is 14.2 Å². The van der Waals surface area contributed by atoms with E-state index < -0.39 is 5.97 Å². The molecule has 0 atom stereocenters. The minimum atomic E-state index is -0.464. The summed E-state index contributed by atoms with van der Waals surface area (Å²) in [4.78, 5) is 16.3. The van der Waals surface area contributed by atoms with Crippen molar-refractivity contribution in [3.05, 3.63) is 64.0 Å². The van der Waals surface area contributed by atoms with Gasteiger partial charge in [-0.3, -0.25) is 4.57 Å². The van der Waals surface area contributed by atoms with Crippen molar-refractivity contribution in [3.63, 3.8) is 0 Å². The summed E-state index contributed by atoms with van der Waals surface area (Å²) < 4.78 is 13.0. The first-order valence-electron chi connectivity index (χ1n) is 7.20. The summed E-state index contributed by atoms with van der Waals surface area (Å²) in [5.41, 5.74) is 2.07. The van der Waals surface area contributed by atoms with Gasteiger partial charge in [0.2, 0.25) is 0 Å². The molecule has 0 amide bonds. The Labute approximate surface area is 153 Å². The van der Waals surface area contributed by atoms with E-state index in [4.69, 9.17) is 9.47 Å². The van der Waals surface area contributed by atoms with Crippen LogP contribution in [0.15, 0.2) is 54.7 Å². The molecule has 0 unspecified atom stereocenters. The molecule has 1 aromatic heterocycles. The van der Waals surface area contributed by atoms with Gasteiger partial charge >= 0.3 is 5.97 Å². The van der Waals surface area contributed by atoms with Crippen molar-refractivity contribution >= 4 is 28.6 Å². The zero-order valence-electron chi connectivity index (χ0n) is 13.2. The average molecular weight is 434 g/mol. The van der Waals surface area contributed by atoms with Crippen LogP contribution >= 0.6 is 22.6 Å². The summed E-state index contributed by atoms with van der Waals surface area (Å²) in [6.45, 7) is 0. The van der Waals surface area contributed by atoms with E-state index in [0.717, 1.165) is 20.6 Å². The molecule has 1 heterocycles. The molecule has 6 heteroatoms. The highest BCUT2D eigenvalue weighted by atomic mass is 127. The van der Waals surface area contributed by atoms with Crippen LogP contribution in [-0.4, -0.2) is 29.7 Å². The standard InChI is InChI=1S/C18H15IN2O3/c1-23-15-9-3-12(4-10-15)17-20-16(18(22)24-2)11-21(17)14-7-5-13(19)6-8-14/h3-11H,1-2H3. The Balaban J connectivity index is 2.13. The Hall–Kier alpha value is -2.35. The number of ether oxygens (including phenoxy) is 2. The zero-order chi connectivity index (χ0) is 17.1. The second kappa shape index (κ2) is 7.04. The summed E-state index contributed by atoms with van der Waals surface area (Å²) in [5, 5.41) is 0. The van der Waals surface area contributed by atoms with Gasteiger partial charge in [-0.05, 0) is 71.1 Å². The van der Waals surface area contributed by atoms with E-state index in [1.54, 1.807) is 13.3 Å². The Kier molecular flexibility index (Phi) is 4.84. The van der Waals surface area contributed by atoms with Gasteiger partial charge in [-0.25, -0.2) is 9.78 Å². The summed E-state index contributed by atoms with van der Waals surface area (Å²) in [6.07, 6.45) is 1.69. The van der Waals surface area contributed by atoms with E-state index >= 15 is 0 Å². The fraction of sp³-hybridized carbons (Fsp3) is 0.111. The Morgan fingerprint density at radius 3 is 2.29 bits per heavy atom. The van der Waals surface area contributed by atoms with Crippen molar-refractivity contribution in [1.82, 2.24) is 9.55 Å². The molecule has 0 spiro atoms. The number of esters is 1. The highest BCUT2D eigenvalue weighted by molar-refractivity contribution is 14.1. The molecule has 0 bridgehead atoms. The van der Waals surface area contributed by atoms with Gasteiger partial charge in [0, 0.05) is 21.0 Å². The van der Waals surface area contributed by atoms with Crippen LogP contribution < -0.4 is 4.74 Å². The Bertz CT molecular complexity index is 855. The quantitative estimate of drug-likeness (QED) is 0.461. The van der Waals surface area contributed by atoms with Crippen LogP contribution in [0.4, 0.5) is 0 Å². The number of hydrogen-bond acceptors (Lipinski definition) is 4. The predicted molar refractivity (Wildman–Crippen MR) is 99.6 cm³/mol. The summed E-state index contributed by atoms with van der Waals surface area (Å²) in [6, 6.07) is 15.5. The van der Waals surface area contributed by atoms with E-state index in [2.05, 4.69) is 27.6 Å². The van der Waals surface area contributed by atoms with E-state index in [-0.39, 0.29) is 5.69 Å². The molecular formula is C18H15IN2O3. The summed E-state index contributed by atoms with van der Waals surface area (Å²) in [5.74, 6) is 0.965. The van der Waals surface area contributed by atoms with E-state index in [0.29, 0.717) is 5.82 Å². The molecule has 0 aliphatic carbocycles. The van der Waals surface area contributed by atoms with Crippen molar-refractivity contribution in [2.24, 2.45) is 0 Å². The number of nitrogens with zero attached hydrogens (tertiary/aromatic N) is 2. The number of benzene rings is 2. The second-order valence-electron chi connectivity index (χ2n) is 5.02. The Morgan fingerprint density at radius 1 is 1.04 bits per heavy atom. The molecule has 5 nitrogen and oxygen atoms in total. The van der Waals surface area contributed by atoms with E-state index in [1.165, 1.54) is 7.11 Å². The van der Waals surface area contributed by atoms with Crippen LogP contribution in [0.2, 0.25) is 0 Å². The first-order chi connectivity index (χ1) is 11.6. The van der Waals surface area contributed by atoms with Gasteiger partial charge in [0.25, 0.3) is 0 Å². The number of imidazole rings is 1. The minimum Gasteiger partial charge on any atom is -0.497 e. The minimum absolute atomic E-state index is 0.266. The van der Waals surface area contributed by atoms with Crippen molar-refractivity contribution in [3.8, 4) is 22.8 Å². The highest BCUT2D eigenvalue weighted by Crippen LogP contribution is 2.25. The predicted octanol–water partition coefficient (Wildman–Crippen LogP) is 3.94. The fourth-order valence-electron chi connectivity index (χ4n) is 2.33. The Morgan fingerprint density at radius 2 is 1.71 bits per heavy atom. The largest absolute Gasteiger partial charge is 0.497 e. The lowest BCUT2D eigenvalue weighted by atomic mass is 10.2. The van der Waals surface area contributed by atoms with Crippen LogP contribution in [0.5, 0.6) is 5.75 Å². The molecule has 0 saturated heterocycles. The molecular weight excluding hydrogens is 419 g/mol. The third-order valence-corrected chi connectivity index (χ3v) is 4.27. The van der Waals surface area contributed by atoms with Crippen LogP contribution in [-0.2, 0) is 4.74 Å². The van der Waals surface area contributed by atoms with E-state index in [9.17, 15) is 4.79 Å². The number of carbonyl (C=O) groups excluding carboxylic acids is 1. The van der Waals surface area contributed by atoms with Crippen LogP contribution in [0, 0.1) is 3.57 Å². The van der Waals surface area contributed by atoms with E-state index in [1.807, 2.05) is 53.1 Å². The van der Waals surface area contributed by atoms with Gasteiger partial charge in [-0.15, -0.1) is 0 Å². The van der Waals surface area contributed by atoms with Gasteiger partial charge < -0.3 is 9.47 Å². The number of carbonyl (C=O) groups is 1. The number of halogens is 1. The number of methoxy groups -OCH3 is 2. The normalized spacial score (nSPS) is 10.5. The number of hydrogen-bond donors (Lipinski definition) is 0. The van der Waals surface area contributed by atoms with Gasteiger partial charge in [0.1, 0.15) is 11.6 Å². The monoisotopic (exact) mass is 434 g/mol. The lowest BCUT2D eigenvalue weighted by Gasteiger charge is -2.08. The fourth-order valence-corrected chi connectivity index (χ4v) is 2.68. The molecule has 3 aromatic rings. The highest BCUT2D eigenvalue weighted by Gasteiger charge is 2.17. The number of rotatable bonds is 4. The summed E-state index contributed by atoms with van der Waals surface area (Å²) >= 11 is 2.25. The smallest absolute Gasteiger partial charge is 0.358 e. The van der Waals surface area contributed by atoms with Gasteiger partial charge in [-0.2, -0.15) is 0 Å². The molecule has 0 fully saturated rings. The van der Waals surface area contributed by atoms with Crippen molar-refractivity contribution in [1.29, 1.82) is 0 Å². The molecule has 0 saturated carbocycles. The summed E-state index contributed by atoms with van der Waals surface area (Å²) in [7, 11) is 2.97. The lowest BCUT2D eigenvalue weighted by Crippen LogP contribution is -2.01. The maximum Gasteiger partial charge on any atom is 0.358 e. The topological polar surface area (TPSA) is 53.4 Å². The third-order valence-electron chi connectivity index (χ3n) is 3.55. The molecule has 0 aliphatic heterocycles. The molecule has 3 rings (SSSR count). The van der Waals surface area contributed by atoms with Gasteiger partial charge in [0.15, 0.2) is 5.69 Å². The lowest BCUT2D eigenvalue weighted by molar-refractivity contribution is 0.0594. The molecule has 2 aromatic carbocycles. The maximum atomic E-state index is 11.9. The average Bonchev–Trinajstić information content (AvgIpc) is 3.07. The van der Waals surface area contributed by atoms with Crippen molar-refractivity contribution in [2.45, 2.75) is 0 Å². The first-order valence-corrected chi connectivity index (χ1v) is 8.28. The van der Waals surface area contributed by atoms with Crippen LogP contribution in [0.3, 0.4) is 0 Å². The van der Waals surface area contributed by atoms with Gasteiger partial charge in [-0.1, -0.05) is 0 Å². The van der Waals surface area contributed by atoms with Crippen LogP contribution in [0.25, 0.3) is 17.1 Å². The van der Waals surface area contributed by atoms with Crippen molar-refractivity contribution in [2.75, 3.05) is 14.2 Å². The first kappa shape index (κ1) is 16.5. The second-order valence-corrected chi connectivity index (χ2v) is 6.26. The number of aromatic nitrogens is 2. The molecule has 0 N–H and O–H groups in total. The maximum absolute atomic E-state index is 11.9. The molecule has 0 aliphatic rings. The SMILES string of the molecule is COC(=O)c1cn(-c2ccc(I)cc2)c(-c2ccc(OC)cc2)n1. The third kappa shape index (κ3) is 3.28.